The van der Waals surface area contributed by atoms with E-state index in [2.05, 4.69) is 38.3 Å². The summed E-state index contributed by atoms with van der Waals surface area (Å²) in [6, 6.07) is 10.4. The summed E-state index contributed by atoms with van der Waals surface area (Å²) in [5.41, 5.74) is 1.36. The second-order valence-electron chi connectivity index (χ2n) is 3.17. The van der Waals surface area contributed by atoms with Crippen molar-refractivity contribution in [1.29, 1.82) is 0 Å². The lowest BCUT2D eigenvalue weighted by molar-refractivity contribution is 0.196. The molecule has 0 saturated carbocycles. The molecular formula is C11H15O. The van der Waals surface area contributed by atoms with Crippen molar-refractivity contribution in [3.05, 3.63) is 43.0 Å². The zero-order chi connectivity index (χ0) is 8.81. The van der Waals surface area contributed by atoms with Crippen LogP contribution in [-0.2, 0) is 11.2 Å². The number of rotatable bonds is 4. The van der Waals surface area contributed by atoms with E-state index < -0.39 is 0 Å². The van der Waals surface area contributed by atoms with Crippen molar-refractivity contribution in [1.82, 2.24) is 0 Å². The van der Waals surface area contributed by atoms with Gasteiger partial charge in [0.25, 0.3) is 0 Å². The highest BCUT2D eigenvalue weighted by molar-refractivity contribution is 5.14. The van der Waals surface area contributed by atoms with Gasteiger partial charge >= 0.3 is 0 Å². The van der Waals surface area contributed by atoms with Crippen LogP contribution in [0.5, 0.6) is 0 Å². The van der Waals surface area contributed by atoms with Crippen molar-refractivity contribution in [2.24, 2.45) is 5.92 Å². The van der Waals surface area contributed by atoms with Crippen molar-refractivity contribution in [2.75, 3.05) is 6.61 Å². The molecular weight excluding hydrogens is 148 g/mol. The smallest absolute Gasteiger partial charge is 0.0700 e. The summed E-state index contributed by atoms with van der Waals surface area (Å²) in [7, 11) is 3.37. The number of hydrogen-bond acceptors (Lipinski definition) is 1. The molecule has 0 heterocycles. The molecule has 1 heteroatoms. The van der Waals surface area contributed by atoms with Crippen LogP contribution in [0.25, 0.3) is 0 Å². The zero-order valence-electron chi connectivity index (χ0n) is 7.49. The second kappa shape index (κ2) is 4.94. The summed E-state index contributed by atoms with van der Waals surface area (Å²) in [5, 5.41) is 0. The molecule has 0 saturated heterocycles. The van der Waals surface area contributed by atoms with Gasteiger partial charge < -0.3 is 4.74 Å². The van der Waals surface area contributed by atoms with E-state index >= 15 is 0 Å². The Morgan fingerprint density at radius 1 is 1.33 bits per heavy atom. The van der Waals surface area contributed by atoms with Gasteiger partial charge in [-0.1, -0.05) is 37.3 Å². The molecule has 65 valence electrons. The number of benzene rings is 1. The van der Waals surface area contributed by atoms with E-state index in [0.29, 0.717) is 5.92 Å². The van der Waals surface area contributed by atoms with Gasteiger partial charge in [-0.3, -0.25) is 0 Å². The summed E-state index contributed by atoms with van der Waals surface area (Å²) < 4.78 is 4.83. The second-order valence-corrected chi connectivity index (χ2v) is 3.17. The minimum absolute atomic E-state index is 0.546. The van der Waals surface area contributed by atoms with Gasteiger partial charge in [-0.05, 0) is 17.9 Å². The Kier molecular flexibility index (Phi) is 3.81. The maximum atomic E-state index is 4.83. The lowest BCUT2D eigenvalue weighted by Crippen LogP contribution is -2.05. The Hall–Kier alpha value is -0.820. The predicted octanol–water partition coefficient (Wildman–Crippen LogP) is 2.67. The predicted molar refractivity (Wildman–Crippen MR) is 50.6 cm³/mol. The lowest BCUT2D eigenvalue weighted by Gasteiger charge is -2.09. The quantitative estimate of drug-likeness (QED) is 0.663. The molecule has 1 radical (unpaired) electrons. The Morgan fingerprint density at radius 2 is 2.00 bits per heavy atom. The molecule has 0 aliphatic rings. The van der Waals surface area contributed by atoms with Gasteiger partial charge in [-0.25, -0.2) is 0 Å². The van der Waals surface area contributed by atoms with Gasteiger partial charge in [-0.2, -0.15) is 0 Å². The fraction of sp³-hybridized carbons (Fsp3) is 0.364. The van der Waals surface area contributed by atoms with Crippen LogP contribution in [0.4, 0.5) is 0 Å². The van der Waals surface area contributed by atoms with Crippen molar-refractivity contribution >= 4 is 0 Å². The highest BCUT2D eigenvalue weighted by atomic mass is 16.5. The molecule has 0 amide bonds. The fourth-order valence-electron chi connectivity index (χ4n) is 1.28. The first kappa shape index (κ1) is 9.27. The van der Waals surface area contributed by atoms with Gasteiger partial charge in [0.05, 0.1) is 7.11 Å². The van der Waals surface area contributed by atoms with Crippen LogP contribution in [0.15, 0.2) is 30.3 Å². The third-order valence-electron chi connectivity index (χ3n) is 1.83. The summed E-state index contributed by atoms with van der Waals surface area (Å²) in [6.07, 6.45) is 1.07. The maximum absolute atomic E-state index is 4.83. The summed E-state index contributed by atoms with van der Waals surface area (Å²) >= 11 is 0. The third-order valence-corrected chi connectivity index (χ3v) is 1.83. The maximum Gasteiger partial charge on any atom is 0.0700 e. The minimum atomic E-state index is 0.546. The van der Waals surface area contributed by atoms with Crippen LogP contribution in [-0.4, -0.2) is 6.61 Å². The summed E-state index contributed by atoms with van der Waals surface area (Å²) in [4.78, 5) is 0. The third kappa shape index (κ3) is 3.05. The monoisotopic (exact) mass is 163 g/mol. The topological polar surface area (TPSA) is 9.23 Å². The number of hydrogen-bond donors (Lipinski definition) is 0. The Bertz CT molecular complexity index is 206. The molecule has 0 N–H and O–H groups in total. The first-order chi connectivity index (χ1) is 5.83. The van der Waals surface area contributed by atoms with E-state index in [0.717, 1.165) is 13.0 Å². The SMILES string of the molecule is [CH2]OCC(C)Cc1ccccc1. The van der Waals surface area contributed by atoms with Gasteiger partial charge in [0.2, 0.25) is 0 Å². The molecule has 0 aliphatic heterocycles. The molecule has 1 nitrogen and oxygen atoms in total. The Morgan fingerprint density at radius 3 is 2.58 bits per heavy atom. The molecule has 0 fully saturated rings. The van der Waals surface area contributed by atoms with Crippen LogP contribution < -0.4 is 0 Å². The molecule has 0 spiro atoms. The van der Waals surface area contributed by atoms with Gasteiger partial charge in [-0.15, -0.1) is 0 Å². The van der Waals surface area contributed by atoms with Crippen molar-refractivity contribution in [2.45, 2.75) is 13.3 Å². The van der Waals surface area contributed by atoms with E-state index in [1.54, 1.807) is 0 Å². The van der Waals surface area contributed by atoms with Crippen molar-refractivity contribution in [3.8, 4) is 0 Å². The van der Waals surface area contributed by atoms with Crippen LogP contribution in [0.1, 0.15) is 12.5 Å². The van der Waals surface area contributed by atoms with Gasteiger partial charge in [0.1, 0.15) is 0 Å². The van der Waals surface area contributed by atoms with Crippen molar-refractivity contribution < 1.29 is 4.74 Å². The van der Waals surface area contributed by atoms with E-state index in [1.807, 2.05) is 6.07 Å². The van der Waals surface area contributed by atoms with Gasteiger partial charge in [0.15, 0.2) is 0 Å². The zero-order valence-corrected chi connectivity index (χ0v) is 7.49. The molecule has 0 aromatic heterocycles. The van der Waals surface area contributed by atoms with Crippen molar-refractivity contribution in [3.63, 3.8) is 0 Å². The number of ether oxygens (including phenoxy) is 1. The van der Waals surface area contributed by atoms with Crippen LogP contribution >= 0.6 is 0 Å². The Labute approximate surface area is 74.4 Å². The van der Waals surface area contributed by atoms with Crippen LogP contribution in [0, 0.1) is 13.0 Å². The summed E-state index contributed by atoms with van der Waals surface area (Å²) in [5.74, 6) is 0.546. The molecule has 1 unspecified atom stereocenters. The molecule has 0 aliphatic carbocycles. The highest BCUT2D eigenvalue weighted by Gasteiger charge is 2.01. The molecule has 12 heavy (non-hydrogen) atoms. The first-order valence-corrected chi connectivity index (χ1v) is 4.24. The normalized spacial score (nSPS) is 12.8. The van der Waals surface area contributed by atoms with E-state index in [1.165, 1.54) is 5.56 Å². The minimum Gasteiger partial charge on any atom is -0.379 e. The van der Waals surface area contributed by atoms with Gasteiger partial charge in [0, 0.05) is 6.61 Å². The molecule has 0 bridgehead atoms. The average molecular weight is 163 g/mol. The highest BCUT2D eigenvalue weighted by Crippen LogP contribution is 2.07. The first-order valence-electron chi connectivity index (χ1n) is 4.24. The molecule has 1 aromatic rings. The lowest BCUT2D eigenvalue weighted by atomic mass is 10.0. The molecule has 1 rings (SSSR count). The van der Waals surface area contributed by atoms with Crippen LogP contribution in [0.3, 0.4) is 0 Å². The molecule has 1 atom stereocenters. The average Bonchev–Trinajstić information content (AvgIpc) is 2.06. The van der Waals surface area contributed by atoms with Crippen LogP contribution in [0.2, 0.25) is 0 Å². The van der Waals surface area contributed by atoms with E-state index in [-0.39, 0.29) is 0 Å². The van der Waals surface area contributed by atoms with E-state index in [9.17, 15) is 0 Å². The largest absolute Gasteiger partial charge is 0.379 e. The Balaban J connectivity index is 2.41. The van der Waals surface area contributed by atoms with E-state index in [4.69, 9.17) is 4.74 Å². The fourth-order valence-corrected chi connectivity index (χ4v) is 1.28. The molecule has 1 aromatic carbocycles. The standard InChI is InChI=1S/C11H15O/c1-10(9-12-2)8-11-6-4-3-5-7-11/h3-7,10H,2,8-9H2,1H3. The summed E-state index contributed by atoms with van der Waals surface area (Å²) in [6.45, 7) is 2.90.